The number of pyridine rings is 1. The molecule has 0 saturated heterocycles. The van der Waals surface area contributed by atoms with Crippen LogP contribution >= 0.6 is 0 Å². The molecule has 1 nitrogen and oxygen atoms in total. The van der Waals surface area contributed by atoms with Gasteiger partial charge in [-0.1, -0.05) is 30.3 Å². The van der Waals surface area contributed by atoms with Crippen LogP contribution in [0.1, 0.15) is 0 Å². The molecule has 0 aliphatic heterocycles. The van der Waals surface area contributed by atoms with Gasteiger partial charge in [-0.15, -0.1) is 0 Å². The fourth-order valence-electron chi connectivity index (χ4n) is 1.98. The molecule has 102 valence electrons. The normalized spacial score (nSPS) is 9.95. The van der Waals surface area contributed by atoms with Crippen molar-refractivity contribution >= 4 is 10.9 Å². The van der Waals surface area contributed by atoms with Crippen LogP contribution in [0.25, 0.3) is 22.0 Å². The zero-order valence-corrected chi connectivity index (χ0v) is 10.6. The van der Waals surface area contributed by atoms with Gasteiger partial charge in [0.25, 0.3) is 0 Å². The monoisotopic (exact) mass is 275 g/mol. The first-order valence-corrected chi connectivity index (χ1v) is 5.98. The summed E-state index contributed by atoms with van der Waals surface area (Å²) < 4.78 is 32.2. The van der Waals surface area contributed by atoms with Crippen LogP contribution in [0.3, 0.4) is 0 Å². The number of aromatic nitrogens is 1. The van der Waals surface area contributed by atoms with Crippen molar-refractivity contribution in [2.45, 2.75) is 0 Å². The molecule has 0 radical (unpaired) electrons. The maximum absolute atomic E-state index is 12.9. The molecule has 1 aromatic heterocycles. The van der Waals surface area contributed by atoms with Crippen molar-refractivity contribution in [1.82, 2.24) is 4.98 Å². The molecule has 20 heavy (non-hydrogen) atoms. The molecule has 0 amide bonds. The van der Waals surface area contributed by atoms with Crippen LogP contribution in [-0.4, -0.2) is 11.9 Å². The molecule has 0 aliphatic carbocycles. The summed E-state index contributed by atoms with van der Waals surface area (Å²) in [7, 11) is 0. The predicted molar refractivity (Wildman–Crippen MR) is 74.2 cm³/mol. The van der Waals surface area contributed by atoms with Crippen LogP contribution in [0.5, 0.6) is 0 Å². The minimum Gasteiger partial charge on any atom is -0.256 e. The highest BCUT2D eigenvalue weighted by molar-refractivity contribution is 5.94. The number of rotatable bonds is 1. The molecule has 1 heterocycles. The number of hydrogen-bond donors (Lipinski definition) is 0. The van der Waals surface area contributed by atoms with E-state index in [0.717, 1.165) is 22.0 Å². The molecule has 2 aromatic carbocycles. The molecular formula is C16H12F3N. The van der Waals surface area contributed by atoms with Crippen LogP contribution in [0, 0.1) is 5.82 Å². The van der Waals surface area contributed by atoms with Gasteiger partial charge in [-0.3, -0.25) is 4.98 Å². The number of halogens is 3. The lowest BCUT2D eigenvalue weighted by Crippen LogP contribution is -1.83. The lowest BCUT2D eigenvalue weighted by molar-refractivity contribution is 0.295. The summed E-state index contributed by atoms with van der Waals surface area (Å²) in [5.74, 6) is -0.216. The third-order valence-electron chi connectivity index (χ3n) is 2.80. The van der Waals surface area contributed by atoms with Gasteiger partial charge in [-0.05, 0) is 35.4 Å². The summed E-state index contributed by atoms with van der Waals surface area (Å²) >= 11 is 0. The van der Waals surface area contributed by atoms with E-state index in [-0.39, 0.29) is 5.82 Å². The quantitative estimate of drug-likeness (QED) is 0.614. The Morgan fingerprint density at radius 2 is 1.55 bits per heavy atom. The van der Waals surface area contributed by atoms with Gasteiger partial charge in [0, 0.05) is 11.6 Å². The molecule has 0 atom stereocenters. The molecule has 0 saturated carbocycles. The third kappa shape index (κ3) is 3.15. The van der Waals surface area contributed by atoms with Gasteiger partial charge < -0.3 is 0 Å². The van der Waals surface area contributed by atoms with Crippen molar-refractivity contribution in [3.05, 3.63) is 66.6 Å². The molecule has 0 bridgehead atoms. The first-order valence-electron chi connectivity index (χ1n) is 5.98. The number of nitrogens with zero attached hydrogens (tertiary/aromatic N) is 1. The molecule has 3 rings (SSSR count). The number of benzene rings is 2. The fraction of sp³-hybridized carbons (Fsp3) is 0.0625. The zero-order chi connectivity index (χ0) is 14.4. The fourth-order valence-corrected chi connectivity index (χ4v) is 1.98. The number of alkyl halides is 2. The minimum absolute atomic E-state index is 0.216. The standard InChI is InChI=1S/C15H10FN.CH2F2/c16-12-8-6-11(7-9-12)13-3-1-5-15-14(13)4-2-10-17-15;2-1-3/h1-10H;1H2. The second-order valence-corrected chi connectivity index (χ2v) is 3.98. The molecule has 0 unspecified atom stereocenters. The molecule has 0 fully saturated rings. The molecule has 0 spiro atoms. The van der Waals surface area contributed by atoms with Crippen LogP contribution < -0.4 is 0 Å². The van der Waals surface area contributed by atoms with E-state index in [1.807, 2.05) is 30.3 Å². The Balaban J connectivity index is 0.000000452. The van der Waals surface area contributed by atoms with Crippen molar-refractivity contribution in [2.75, 3.05) is 6.93 Å². The average Bonchev–Trinajstić information content (AvgIpc) is 2.48. The highest BCUT2D eigenvalue weighted by Gasteiger charge is 2.03. The Labute approximate surface area is 114 Å². The van der Waals surface area contributed by atoms with Crippen molar-refractivity contribution in [3.63, 3.8) is 0 Å². The van der Waals surface area contributed by atoms with E-state index in [4.69, 9.17) is 0 Å². The van der Waals surface area contributed by atoms with E-state index in [9.17, 15) is 13.2 Å². The van der Waals surface area contributed by atoms with E-state index >= 15 is 0 Å². The largest absolute Gasteiger partial charge is 0.256 e. The van der Waals surface area contributed by atoms with Crippen LogP contribution in [-0.2, 0) is 0 Å². The van der Waals surface area contributed by atoms with Gasteiger partial charge in [0.15, 0.2) is 0 Å². The van der Waals surface area contributed by atoms with Gasteiger partial charge in [0.2, 0.25) is 6.93 Å². The van der Waals surface area contributed by atoms with Gasteiger partial charge >= 0.3 is 0 Å². The average molecular weight is 275 g/mol. The first-order chi connectivity index (χ1) is 9.76. The predicted octanol–water partition coefficient (Wildman–Crippen LogP) is 4.92. The molecule has 0 N–H and O–H groups in total. The van der Waals surface area contributed by atoms with Gasteiger partial charge in [-0.2, -0.15) is 0 Å². The van der Waals surface area contributed by atoms with Crippen LogP contribution in [0.4, 0.5) is 13.2 Å². The summed E-state index contributed by atoms with van der Waals surface area (Å²) in [4.78, 5) is 4.31. The minimum atomic E-state index is -1.75. The molecular weight excluding hydrogens is 263 g/mol. The summed E-state index contributed by atoms with van der Waals surface area (Å²) in [6.07, 6.45) is 1.77. The van der Waals surface area contributed by atoms with Crippen molar-refractivity contribution in [1.29, 1.82) is 0 Å². The first kappa shape index (κ1) is 14.1. The van der Waals surface area contributed by atoms with Crippen LogP contribution in [0.15, 0.2) is 60.8 Å². The Kier molecular flexibility index (Phi) is 4.71. The lowest BCUT2D eigenvalue weighted by Gasteiger charge is -2.05. The second kappa shape index (κ2) is 6.70. The molecule has 0 aliphatic rings. The van der Waals surface area contributed by atoms with Crippen molar-refractivity contribution in [2.24, 2.45) is 0 Å². The molecule has 4 heteroatoms. The van der Waals surface area contributed by atoms with E-state index < -0.39 is 6.93 Å². The highest BCUT2D eigenvalue weighted by Crippen LogP contribution is 2.27. The second-order valence-electron chi connectivity index (χ2n) is 3.98. The van der Waals surface area contributed by atoms with Crippen LogP contribution in [0.2, 0.25) is 0 Å². The van der Waals surface area contributed by atoms with E-state index in [1.165, 1.54) is 12.1 Å². The number of fused-ring (bicyclic) bond motifs is 1. The van der Waals surface area contributed by atoms with Crippen molar-refractivity contribution < 1.29 is 13.2 Å². The van der Waals surface area contributed by atoms with E-state index in [0.29, 0.717) is 0 Å². The SMILES string of the molecule is FCF.Fc1ccc(-c2cccc3ncccc23)cc1. The van der Waals surface area contributed by atoms with Gasteiger partial charge in [-0.25, -0.2) is 13.2 Å². The van der Waals surface area contributed by atoms with E-state index in [2.05, 4.69) is 4.98 Å². The maximum Gasteiger partial charge on any atom is 0.229 e. The Bertz CT molecular complexity index is 675. The maximum atomic E-state index is 12.9. The van der Waals surface area contributed by atoms with E-state index in [1.54, 1.807) is 18.3 Å². The lowest BCUT2D eigenvalue weighted by atomic mass is 10.0. The topological polar surface area (TPSA) is 12.9 Å². The number of hydrogen-bond acceptors (Lipinski definition) is 1. The highest BCUT2D eigenvalue weighted by atomic mass is 19.3. The molecule has 3 aromatic rings. The summed E-state index contributed by atoms with van der Waals surface area (Å²) in [6, 6.07) is 16.4. The zero-order valence-electron chi connectivity index (χ0n) is 10.6. The van der Waals surface area contributed by atoms with Crippen molar-refractivity contribution in [3.8, 4) is 11.1 Å². The van der Waals surface area contributed by atoms with Gasteiger partial charge in [0.05, 0.1) is 5.52 Å². The van der Waals surface area contributed by atoms with Gasteiger partial charge in [0.1, 0.15) is 5.82 Å². The summed E-state index contributed by atoms with van der Waals surface area (Å²) in [6.45, 7) is -1.75. The third-order valence-corrected chi connectivity index (χ3v) is 2.80. The summed E-state index contributed by atoms with van der Waals surface area (Å²) in [5.41, 5.74) is 3.04. The smallest absolute Gasteiger partial charge is 0.229 e. The Hall–Kier alpha value is -2.36. The summed E-state index contributed by atoms with van der Waals surface area (Å²) in [5, 5.41) is 1.08. The Morgan fingerprint density at radius 3 is 2.25 bits per heavy atom. The Morgan fingerprint density at radius 1 is 0.850 bits per heavy atom.